The first-order valence-corrected chi connectivity index (χ1v) is 5.70. The fourth-order valence-corrected chi connectivity index (χ4v) is 1.81. The fourth-order valence-electron chi connectivity index (χ4n) is 1.81. The van der Waals surface area contributed by atoms with Crippen molar-refractivity contribution in [1.29, 1.82) is 0 Å². The second kappa shape index (κ2) is 5.40. The number of rotatable bonds is 2. The number of nitrogens with zero attached hydrogens (tertiary/aromatic N) is 1. The minimum Gasteiger partial charge on any atom is -0.516 e. The van der Waals surface area contributed by atoms with Crippen LogP contribution in [0, 0.1) is 0 Å². The van der Waals surface area contributed by atoms with Gasteiger partial charge < -0.3 is 14.6 Å². The zero-order chi connectivity index (χ0) is 13.1. The SMILES string of the molecule is CO[C@H]1C[C@@H](/C=C/O)N(C(=O)OC(C)(C)C)C1. The third kappa shape index (κ3) is 3.93. The van der Waals surface area contributed by atoms with Crippen LogP contribution < -0.4 is 0 Å². The third-order valence-electron chi connectivity index (χ3n) is 2.57. The number of hydrogen-bond donors (Lipinski definition) is 1. The first-order chi connectivity index (χ1) is 7.87. The Hall–Kier alpha value is -1.23. The number of aliphatic hydroxyl groups excluding tert-OH is 1. The Balaban J connectivity index is 2.69. The van der Waals surface area contributed by atoms with Crippen molar-refractivity contribution in [1.82, 2.24) is 4.90 Å². The molecule has 0 radical (unpaired) electrons. The normalized spacial score (nSPS) is 25.5. The van der Waals surface area contributed by atoms with E-state index in [-0.39, 0.29) is 18.2 Å². The maximum absolute atomic E-state index is 11.9. The number of aliphatic hydroxyl groups is 1. The van der Waals surface area contributed by atoms with Crippen molar-refractivity contribution in [3.05, 3.63) is 12.3 Å². The molecular formula is C12H21NO4. The molecule has 0 aromatic heterocycles. The van der Waals surface area contributed by atoms with Crippen LogP contribution in [0.3, 0.4) is 0 Å². The van der Waals surface area contributed by atoms with E-state index in [0.29, 0.717) is 13.0 Å². The Labute approximate surface area is 102 Å². The second-order valence-corrected chi connectivity index (χ2v) is 5.13. The lowest BCUT2D eigenvalue weighted by Gasteiger charge is -2.27. The first-order valence-electron chi connectivity index (χ1n) is 5.70. The second-order valence-electron chi connectivity index (χ2n) is 5.13. The number of amides is 1. The molecule has 5 heteroatoms. The van der Waals surface area contributed by atoms with Crippen molar-refractivity contribution < 1.29 is 19.4 Å². The van der Waals surface area contributed by atoms with E-state index in [4.69, 9.17) is 14.6 Å². The summed E-state index contributed by atoms with van der Waals surface area (Å²) in [6, 6.07) is -0.167. The van der Waals surface area contributed by atoms with Gasteiger partial charge in [0.25, 0.3) is 0 Å². The number of carbonyl (C=O) groups excluding carboxylic acids is 1. The molecule has 1 fully saturated rings. The van der Waals surface area contributed by atoms with Crippen LogP contribution >= 0.6 is 0 Å². The Morgan fingerprint density at radius 1 is 1.47 bits per heavy atom. The van der Waals surface area contributed by atoms with E-state index >= 15 is 0 Å². The van der Waals surface area contributed by atoms with Crippen LogP contribution in [0.4, 0.5) is 4.79 Å². The smallest absolute Gasteiger partial charge is 0.410 e. The number of hydrogen-bond acceptors (Lipinski definition) is 4. The molecule has 0 aliphatic carbocycles. The summed E-state index contributed by atoms with van der Waals surface area (Å²) in [6.07, 6.45) is 2.82. The molecule has 1 rings (SSSR count). The average Bonchev–Trinajstić information content (AvgIpc) is 2.59. The zero-order valence-electron chi connectivity index (χ0n) is 10.8. The minimum absolute atomic E-state index is 0.0104. The Bertz CT molecular complexity index is 295. The van der Waals surface area contributed by atoms with Gasteiger partial charge in [-0.25, -0.2) is 4.79 Å². The standard InChI is InChI=1S/C12H21NO4/c1-12(2,3)17-11(15)13-8-10(16-4)7-9(13)5-6-14/h5-6,9-10,14H,7-8H2,1-4H3/b6-5+/t9-,10+/m1/s1. The molecule has 0 unspecified atom stereocenters. The van der Waals surface area contributed by atoms with Gasteiger partial charge in [-0.2, -0.15) is 0 Å². The van der Waals surface area contributed by atoms with Gasteiger partial charge in [-0.3, -0.25) is 4.90 Å². The molecule has 1 aliphatic heterocycles. The summed E-state index contributed by atoms with van der Waals surface area (Å²) >= 11 is 0. The van der Waals surface area contributed by atoms with E-state index in [0.717, 1.165) is 6.26 Å². The quantitative estimate of drug-likeness (QED) is 0.754. The molecule has 0 aromatic rings. The van der Waals surface area contributed by atoms with Gasteiger partial charge in [0.2, 0.25) is 0 Å². The Morgan fingerprint density at radius 3 is 2.59 bits per heavy atom. The van der Waals surface area contributed by atoms with Crippen molar-refractivity contribution in [3.8, 4) is 0 Å². The van der Waals surface area contributed by atoms with Crippen molar-refractivity contribution in [2.45, 2.75) is 44.9 Å². The van der Waals surface area contributed by atoms with Crippen LogP contribution in [0.1, 0.15) is 27.2 Å². The van der Waals surface area contributed by atoms with E-state index in [1.165, 1.54) is 0 Å². The van der Waals surface area contributed by atoms with Crippen LogP contribution in [0.2, 0.25) is 0 Å². The molecule has 0 saturated carbocycles. The maximum atomic E-state index is 11.9. The lowest BCUT2D eigenvalue weighted by atomic mass is 10.2. The van der Waals surface area contributed by atoms with E-state index in [9.17, 15) is 4.79 Å². The van der Waals surface area contributed by atoms with Crippen molar-refractivity contribution in [2.24, 2.45) is 0 Å². The molecule has 1 N–H and O–H groups in total. The van der Waals surface area contributed by atoms with Gasteiger partial charge in [0.1, 0.15) is 5.60 Å². The highest BCUT2D eigenvalue weighted by Gasteiger charge is 2.36. The van der Waals surface area contributed by atoms with Crippen molar-refractivity contribution in [2.75, 3.05) is 13.7 Å². The summed E-state index contributed by atoms with van der Waals surface area (Å²) in [5, 5.41) is 8.82. The summed E-state index contributed by atoms with van der Waals surface area (Å²) in [6.45, 7) is 5.96. The highest BCUT2D eigenvalue weighted by Crippen LogP contribution is 2.23. The molecule has 0 aromatic carbocycles. The molecule has 17 heavy (non-hydrogen) atoms. The van der Waals surface area contributed by atoms with E-state index in [1.807, 2.05) is 20.8 Å². The van der Waals surface area contributed by atoms with Crippen LogP contribution in [0.5, 0.6) is 0 Å². The average molecular weight is 243 g/mol. The van der Waals surface area contributed by atoms with Crippen LogP contribution in [-0.2, 0) is 9.47 Å². The van der Waals surface area contributed by atoms with Gasteiger partial charge in [-0.1, -0.05) is 0 Å². The van der Waals surface area contributed by atoms with Gasteiger partial charge in [-0.05, 0) is 33.3 Å². The Morgan fingerprint density at radius 2 is 2.12 bits per heavy atom. The van der Waals surface area contributed by atoms with Crippen LogP contribution in [-0.4, -0.2) is 47.5 Å². The van der Waals surface area contributed by atoms with Gasteiger partial charge in [0, 0.05) is 7.11 Å². The molecule has 98 valence electrons. The Kier molecular flexibility index (Phi) is 4.40. The number of likely N-dealkylation sites (tertiary alicyclic amines) is 1. The number of methoxy groups -OCH3 is 1. The highest BCUT2D eigenvalue weighted by molar-refractivity contribution is 5.69. The topological polar surface area (TPSA) is 59.0 Å². The van der Waals surface area contributed by atoms with Gasteiger partial charge in [0.05, 0.1) is 25.0 Å². The van der Waals surface area contributed by atoms with Gasteiger partial charge in [-0.15, -0.1) is 0 Å². The zero-order valence-corrected chi connectivity index (χ0v) is 10.8. The fraction of sp³-hybridized carbons (Fsp3) is 0.750. The lowest BCUT2D eigenvalue weighted by molar-refractivity contribution is 0.0220. The molecule has 1 saturated heterocycles. The maximum Gasteiger partial charge on any atom is 0.410 e. The first kappa shape index (κ1) is 13.8. The minimum atomic E-state index is -0.518. The summed E-state index contributed by atoms with van der Waals surface area (Å²) in [7, 11) is 1.61. The lowest BCUT2D eigenvalue weighted by Crippen LogP contribution is -2.39. The molecule has 2 atom stereocenters. The summed E-state index contributed by atoms with van der Waals surface area (Å²) in [4.78, 5) is 13.5. The largest absolute Gasteiger partial charge is 0.516 e. The molecule has 1 heterocycles. The van der Waals surface area contributed by atoms with Gasteiger partial charge in [0.15, 0.2) is 0 Å². The predicted molar refractivity (Wildman–Crippen MR) is 63.9 cm³/mol. The van der Waals surface area contributed by atoms with Crippen molar-refractivity contribution >= 4 is 6.09 Å². The molecule has 0 spiro atoms. The predicted octanol–water partition coefficient (Wildman–Crippen LogP) is 2.08. The summed E-state index contributed by atoms with van der Waals surface area (Å²) < 4.78 is 10.5. The van der Waals surface area contributed by atoms with Crippen molar-refractivity contribution in [3.63, 3.8) is 0 Å². The van der Waals surface area contributed by atoms with E-state index < -0.39 is 5.60 Å². The third-order valence-corrected chi connectivity index (χ3v) is 2.57. The van der Waals surface area contributed by atoms with Crippen LogP contribution in [0.15, 0.2) is 12.3 Å². The highest BCUT2D eigenvalue weighted by atomic mass is 16.6. The molecule has 0 bridgehead atoms. The molecule has 5 nitrogen and oxygen atoms in total. The van der Waals surface area contributed by atoms with E-state index in [1.54, 1.807) is 18.1 Å². The number of ether oxygens (including phenoxy) is 2. The van der Waals surface area contributed by atoms with E-state index in [2.05, 4.69) is 0 Å². The monoisotopic (exact) mass is 243 g/mol. The summed E-state index contributed by atoms with van der Waals surface area (Å²) in [5.74, 6) is 0. The molecule has 1 amide bonds. The summed E-state index contributed by atoms with van der Waals surface area (Å²) in [5.41, 5.74) is -0.518. The molecule has 1 aliphatic rings. The van der Waals surface area contributed by atoms with Crippen LogP contribution in [0.25, 0.3) is 0 Å². The number of carbonyl (C=O) groups is 1. The molecular weight excluding hydrogens is 222 g/mol. The van der Waals surface area contributed by atoms with Gasteiger partial charge >= 0.3 is 6.09 Å².